The lowest BCUT2D eigenvalue weighted by molar-refractivity contribution is -0.146. The summed E-state index contributed by atoms with van der Waals surface area (Å²) in [5.74, 6) is -2.65. The van der Waals surface area contributed by atoms with Gasteiger partial charge in [0.15, 0.2) is 0 Å². The van der Waals surface area contributed by atoms with Crippen LogP contribution in [-0.2, 0) is 9.59 Å². The van der Waals surface area contributed by atoms with Gasteiger partial charge in [-0.2, -0.15) is 5.26 Å². The molecule has 21 heavy (non-hydrogen) atoms. The Balaban J connectivity index is 2.22. The first-order valence-electron chi connectivity index (χ1n) is 6.73. The molecule has 108 valence electrons. The van der Waals surface area contributed by atoms with Crippen molar-refractivity contribution in [1.29, 1.82) is 5.26 Å². The maximum atomic E-state index is 12.3. The molecule has 1 aromatic carbocycles. The number of carbonyl (C=O) groups is 2. The highest BCUT2D eigenvalue weighted by Crippen LogP contribution is 2.28. The highest BCUT2D eigenvalue weighted by molar-refractivity contribution is 5.96. The van der Waals surface area contributed by atoms with Gasteiger partial charge in [0.2, 0.25) is 5.91 Å². The number of nitriles is 1. The Hall–Kier alpha value is -2.61. The predicted molar refractivity (Wildman–Crippen MR) is 77.5 cm³/mol. The zero-order valence-electron chi connectivity index (χ0n) is 11.7. The predicted octanol–water partition coefficient (Wildman–Crippen LogP) is 2.47. The van der Waals surface area contributed by atoms with Gasteiger partial charge in [-0.3, -0.25) is 9.59 Å². The number of aliphatic carboxylic acids is 1. The van der Waals surface area contributed by atoms with E-state index < -0.39 is 17.8 Å². The van der Waals surface area contributed by atoms with E-state index in [0.717, 1.165) is 5.56 Å². The van der Waals surface area contributed by atoms with Crippen LogP contribution in [0.4, 0.5) is 5.69 Å². The number of nitrogens with one attached hydrogen (secondary N) is 1. The molecular formula is C16H16N2O3. The first kappa shape index (κ1) is 14.8. The number of nitrogens with zero attached hydrogens (tertiary/aromatic N) is 1. The van der Waals surface area contributed by atoms with Gasteiger partial charge >= 0.3 is 5.97 Å². The minimum Gasteiger partial charge on any atom is -0.481 e. The number of allylic oxidation sites excluding steroid dienone is 2. The SMILES string of the molecule is Cc1cccc(NC(=O)[C@@H]2CC=CC[C@@H]2C(=O)O)c1C#N. The number of carboxylic acids is 1. The summed E-state index contributed by atoms with van der Waals surface area (Å²) in [5.41, 5.74) is 1.61. The van der Waals surface area contributed by atoms with Crippen LogP contribution in [0.5, 0.6) is 0 Å². The van der Waals surface area contributed by atoms with Gasteiger partial charge in [0.25, 0.3) is 0 Å². The molecule has 0 saturated heterocycles. The van der Waals surface area contributed by atoms with Crippen LogP contribution in [0.1, 0.15) is 24.0 Å². The highest BCUT2D eigenvalue weighted by atomic mass is 16.4. The summed E-state index contributed by atoms with van der Waals surface area (Å²) in [5, 5.41) is 21.1. The molecular weight excluding hydrogens is 268 g/mol. The molecule has 5 nitrogen and oxygen atoms in total. The number of hydrogen-bond acceptors (Lipinski definition) is 3. The molecule has 2 N–H and O–H groups in total. The zero-order valence-corrected chi connectivity index (χ0v) is 11.7. The van der Waals surface area contributed by atoms with Crippen LogP contribution >= 0.6 is 0 Å². The average Bonchev–Trinajstić information content (AvgIpc) is 2.47. The second kappa shape index (κ2) is 6.23. The van der Waals surface area contributed by atoms with Crippen LogP contribution in [0.15, 0.2) is 30.4 Å². The molecule has 1 aliphatic carbocycles. The molecule has 0 bridgehead atoms. The van der Waals surface area contributed by atoms with Crippen LogP contribution in [-0.4, -0.2) is 17.0 Å². The third kappa shape index (κ3) is 3.11. The van der Waals surface area contributed by atoms with E-state index >= 15 is 0 Å². The maximum absolute atomic E-state index is 12.3. The Morgan fingerprint density at radius 1 is 1.29 bits per heavy atom. The van der Waals surface area contributed by atoms with E-state index in [1.807, 2.05) is 6.08 Å². The van der Waals surface area contributed by atoms with Crippen molar-refractivity contribution in [2.24, 2.45) is 11.8 Å². The quantitative estimate of drug-likeness (QED) is 0.834. The third-order valence-corrected chi connectivity index (χ3v) is 3.73. The number of rotatable bonds is 3. The monoisotopic (exact) mass is 284 g/mol. The molecule has 0 heterocycles. The van der Waals surface area contributed by atoms with Crippen molar-refractivity contribution in [3.63, 3.8) is 0 Å². The summed E-state index contributed by atoms with van der Waals surface area (Å²) in [6.07, 6.45) is 4.37. The van der Waals surface area contributed by atoms with Gasteiger partial charge in [-0.1, -0.05) is 24.3 Å². The van der Waals surface area contributed by atoms with Gasteiger partial charge < -0.3 is 10.4 Å². The van der Waals surface area contributed by atoms with Crippen molar-refractivity contribution in [1.82, 2.24) is 0 Å². The number of hydrogen-bond donors (Lipinski definition) is 2. The molecule has 0 aliphatic heterocycles. The van der Waals surface area contributed by atoms with E-state index in [-0.39, 0.29) is 5.91 Å². The summed E-state index contributed by atoms with van der Waals surface area (Å²) in [6, 6.07) is 7.25. The van der Waals surface area contributed by atoms with Gasteiger partial charge in [-0.25, -0.2) is 0 Å². The summed E-state index contributed by atoms with van der Waals surface area (Å²) in [6.45, 7) is 1.79. The average molecular weight is 284 g/mol. The topological polar surface area (TPSA) is 90.2 Å². The Labute approximate surface area is 122 Å². The van der Waals surface area contributed by atoms with Crippen molar-refractivity contribution in [3.8, 4) is 6.07 Å². The summed E-state index contributed by atoms with van der Waals surface area (Å²) in [7, 11) is 0. The fourth-order valence-electron chi connectivity index (χ4n) is 2.52. The van der Waals surface area contributed by atoms with E-state index in [9.17, 15) is 14.7 Å². The van der Waals surface area contributed by atoms with Crippen LogP contribution in [0, 0.1) is 30.1 Å². The number of amides is 1. The van der Waals surface area contributed by atoms with Crippen LogP contribution in [0.2, 0.25) is 0 Å². The number of anilines is 1. The first-order chi connectivity index (χ1) is 10.0. The van der Waals surface area contributed by atoms with Gasteiger partial charge in [0.1, 0.15) is 6.07 Å². The van der Waals surface area contributed by atoms with Crippen LogP contribution in [0.25, 0.3) is 0 Å². The number of carboxylic acid groups (broad SMARTS) is 1. The van der Waals surface area contributed by atoms with Crippen molar-refractivity contribution in [2.75, 3.05) is 5.32 Å². The van der Waals surface area contributed by atoms with Crippen molar-refractivity contribution in [2.45, 2.75) is 19.8 Å². The molecule has 1 aliphatic rings. The molecule has 0 unspecified atom stereocenters. The standard InChI is InChI=1S/C16H16N2O3/c1-10-5-4-8-14(13(10)9-17)18-15(19)11-6-2-3-7-12(11)16(20)21/h2-5,8,11-12H,6-7H2,1H3,(H,18,19)(H,20,21)/t11-,12+/m1/s1. The number of benzene rings is 1. The summed E-state index contributed by atoms with van der Waals surface area (Å²) >= 11 is 0. The van der Waals surface area contributed by atoms with E-state index in [2.05, 4.69) is 11.4 Å². The minimum atomic E-state index is -0.968. The van der Waals surface area contributed by atoms with Gasteiger partial charge in [-0.05, 0) is 31.4 Å². The molecule has 0 saturated carbocycles. The van der Waals surface area contributed by atoms with E-state index in [1.165, 1.54) is 0 Å². The largest absolute Gasteiger partial charge is 0.481 e. The normalized spacial score (nSPS) is 20.6. The Morgan fingerprint density at radius 3 is 2.57 bits per heavy atom. The lowest BCUT2D eigenvalue weighted by Crippen LogP contribution is -2.34. The second-order valence-electron chi connectivity index (χ2n) is 5.09. The fourth-order valence-corrected chi connectivity index (χ4v) is 2.52. The molecule has 1 aromatic rings. The van der Waals surface area contributed by atoms with Crippen LogP contribution < -0.4 is 5.32 Å². The fraction of sp³-hybridized carbons (Fsp3) is 0.312. The highest BCUT2D eigenvalue weighted by Gasteiger charge is 2.34. The number of aryl methyl sites for hydroxylation is 1. The van der Waals surface area contributed by atoms with E-state index in [1.54, 1.807) is 31.2 Å². The maximum Gasteiger partial charge on any atom is 0.307 e. The Bertz CT molecular complexity index is 643. The van der Waals surface area contributed by atoms with Crippen molar-refractivity contribution in [3.05, 3.63) is 41.5 Å². The molecule has 0 aromatic heterocycles. The third-order valence-electron chi connectivity index (χ3n) is 3.73. The van der Waals surface area contributed by atoms with Gasteiger partial charge in [0, 0.05) is 0 Å². The summed E-state index contributed by atoms with van der Waals surface area (Å²) < 4.78 is 0. The minimum absolute atomic E-state index is 0.353. The van der Waals surface area contributed by atoms with Crippen molar-refractivity contribution >= 4 is 17.6 Å². The molecule has 0 spiro atoms. The van der Waals surface area contributed by atoms with E-state index in [0.29, 0.717) is 24.1 Å². The smallest absolute Gasteiger partial charge is 0.307 e. The van der Waals surface area contributed by atoms with E-state index in [4.69, 9.17) is 5.26 Å². The molecule has 1 amide bonds. The van der Waals surface area contributed by atoms with Crippen molar-refractivity contribution < 1.29 is 14.7 Å². The lowest BCUT2D eigenvalue weighted by atomic mass is 9.82. The van der Waals surface area contributed by atoms with Gasteiger partial charge in [-0.15, -0.1) is 0 Å². The van der Waals surface area contributed by atoms with Gasteiger partial charge in [0.05, 0.1) is 23.1 Å². The Morgan fingerprint density at radius 2 is 1.95 bits per heavy atom. The second-order valence-corrected chi connectivity index (χ2v) is 5.09. The van der Waals surface area contributed by atoms with Crippen LogP contribution in [0.3, 0.4) is 0 Å². The molecule has 2 rings (SSSR count). The molecule has 5 heteroatoms. The molecule has 2 atom stereocenters. The lowest BCUT2D eigenvalue weighted by Gasteiger charge is -2.24. The first-order valence-corrected chi connectivity index (χ1v) is 6.73. The summed E-state index contributed by atoms with van der Waals surface area (Å²) in [4.78, 5) is 23.6. The Kier molecular flexibility index (Phi) is 4.39. The zero-order chi connectivity index (χ0) is 15.4. The number of carbonyl (C=O) groups excluding carboxylic acids is 1. The molecule has 0 fully saturated rings. The molecule has 0 radical (unpaired) electrons.